The van der Waals surface area contributed by atoms with Crippen LogP contribution in [-0.4, -0.2) is 34.3 Å². The average molecular weight is 244 g/mol. The van der Waals surface area contributed by atoms with E-state index in [-0.39, 0.29) is 0 Å². The van der Waals surface area contributed by atoms with Crippen molar-refractivity contribution < 1.29 is 0 Å². The molecular weight excluding hydrogens is 224 g/mol. The second kappa shape index (κ2) is 6.33. The van der Waals surface area contributed by atoms with E-state index in [0.717, 1.165) is 31.0 Å². The van der Waals surface area contributed by atoms with E-state index in [1.165, 1.54) is 0 Å². The van der Waals surface area contributed by atoms with Crippen LogP contribution in [0.5, 0.6) is 0 Å². The molecule has 2 N–H and O–H groups in total. The molecule has 0 radical (unpaired) electrons. The molecule has 4 nitrogen and oxygen atoms in total. The first-order valence-electron chi connectivity index (χ1n) is 6.36. The first-order valence-corrected chi connectivity index (χ1v) is 6.36. The highest BCUT2D eigenvalue weighted by Crippen LogP contribution is 2.08. The van der Waals surface area contributed by atoms with Gasteiger partial charge in [0.2, 0.25) is 0 Å². The van der Waals surface area contributed by atoms with Gasteiger partial charge >= 0.3 is 0 Å². The summed E-state index contributed by atoms with van der Waals surface area (Å²) in [6.45, 7) is 5.59. The van der Waals surface area contributed by atoms with Crippen molar-refractivity contribution in [1.29, 1.82) is 0 Å². The second-order valence-electron chi connectivity index (χ2n) is 4.24. The summed E-state index contributed by atoms with van der Waals surface area (Å²) in [6, 6.07) is 12.2. The molecule has 4 heteroatoms. The number of benzene rings is 1. The van der Waals surface area contributed by atoms with Gasteiger partial charge in [-0.1, -0.05) is 25.1 Å². The normalized spacial score (nSPS) is 11.1. The van der Waals surface area contributed by atoms with Crippen LogP contribution in [-0.2, 0) is 6.54 Å². The van der Waals surface area contributed by atoms with Gasteiger partial charge in [-0.2, -0.15) is 5.10 Å². The van der Waals surface area contributed by atoms with Gasteiger partial charge in [-0.3, -0.25) is 4.90 Å². The molecule has 0 saturated heterocycles. The minimum Gasteiger partial charge on any atom is -0.329 e. The highest BCUT2D eigenvalue weighted by molar-refractivity contribution is 5.30. The summed E-state index contributed by atoms with van der Waals surface area (Å²) in [5.74, 6) is 0. The number of aromatic nitrogens is 2. The standard InChI is InChI=1S/C14H20N4/c1-2-17(11-9-15)12-13-8-10-18(16-13)14-6-4-3-5-7-14/h3-8,10H,2,9,11-12,15H2,1H3. The third kappa shape index (κ3) is 3.18. The van der Waals surface area contributed by atoms with E-state index >= 15 is 0 Å². The molecule has 1 aromatic heterocycles. The molecule has 1 heterocycles. The van der Waals surface area contributed by atoms with Crippen molar-refractivity contribution in [2.24, 2.45) is 5.73 Å². The Morgan fingerprint density at radius 2 is 2.00 bits per heavy atom. The van der Waals surface area contributed by atoms with E-state index in [0.29, 0.717) is 6.54 Å². The zero-order valence-electron chi connectivity index (χ0n) is 10.8. The average Bonchev–Trinajstić information content (AvgIpc) is 2.88. The molecule has 0 spiro atoms. The molecule has 2 aromatic rings. The molecule has 18 heavy (non-hydrogen) atoms. The van der Waals surface area contributed by atoms with Crippen molar-refractivity contribution in [3.8, 4) is 5.69 Å². The van der Waals surface area contributed by atoms with Crippen LogP contribution in [0.2, 0.25) is 0 Å². The van der Waals surface area contributed by atoms with E-state index in [1.54, 1.807) is 0 Å². The summed E-state index contributed by atoms with van der Waals surface area (Å²) in [4.78, 5) is 2.29. The van der Waals surface area contributed by atoms with Crippen molar-refractivity contribution >= 4 is 0 Å². The third-order valence-corrected chi connectivity index (χ3v) is 2.94. The summed E-state index contributed by atoms with van der Waals surface area (Å²) in [5.41, 5.74) is 7.75. The number of hydrogen-bond donors (Lipinski definition) is 1. The van der Waals surface area contributed by atoms with Crippen molar-refractivity contribution in [2.45, 2.75) is 13.5 Å². The number of hydrogen-bond acceptors (Lipinski definition) is 3. The van der Waals surface area contributed by atoms with Crippen LogP contribution in [0.3, 0.4) is 0 Å². The monoisotopic (exact) mass is 244 g/mol. The van der Waals surface area contributed by atoms with Gasteiger partial charge in [0.1, 0.15) is 0 Å². The number of nitrogens with two attached hydrogens (primary N) is 1. The predicted molar refractivity (Wildman–Crippen MR) is 73.6 cm³/mol. The smallest absolute Gasteiger partial charge is 0.0769 e. The van der Waals surface area contributed by atoms with E-state index in [2.05, 4.69) is 23.0 Å². The zero-order valence-corrected chi connectivity index (χ0v) is 10.8. The molecular formula is C14H20N4. The number of rotatable bonds is 6. The lowest BCUT2D eigenvalue weighted by Gasteiger charge is -2.17. The lowest BCUT2D eigenvalue weighted by Crippen LogP contribution is -2.29. The predicted octanol–water partition coefficient (Wildman–Crippen LogP) is 1.65. The molecule has 0 bridgehead atoms. The maximum Gasteiger partial charge on any atom is 0.0769 e. The number of para-hydroxylation sites is 1. The molecule has 0 aliphatic rings. The molecule has 0 amide bonds. The van der Waals surface area contributed by atoms with Gasteiger partial charge in [-0.25, -0.2) is 4.68 Å². The van der Waals surface area contributed by atoms with Crippen molar-refractivity contribution in [2.75, 3.05) is 19.6 Å². The summed E-state index contributed by atoms with van der Waals surface area (Å²) in [7, 11) is 0. The van der Waals surface area contributed by atoms with Gasteiger partial charge in [0.05, 0.1) is 11.4 Å². The fourth-order valence-corrected chi connectivity index (χ4v) is 1.93. The molecule has 2 rings (SSSR count). The first-order chi connectivity index (χ1) is 8.83. The molecule has 0 unspecified atom stereocenters. The van der Waals surface area contributed by atoms with Crippen LogP contribution in [0.1, 0.15) is 12.6 Å². The summed E-state index contributed by atoms with van der Waals surface area (Å²) in [5, 5.41) is 4.58. The molecule has 0 aliphatic heterocycles. The van der Waals surface area contributed by atoms with Crippen LogP contribution < -0.4 is 5.73 Å². The first kappa shape index (κ1) is 12.8. The number of nitrogens with zero attached hydrogens (tertiary/aromatic N) is 3. The second-order valence-corrected chi connectivity index (χ2v) is 4.24. The molecule has 0 aliphatic carbocycles. The van der Waals surface area contributed by atoms with Crippen molar-refractivity contribution in [3.63, 3.8) is 0 Å². The summed E-state index contributed by atoms with van der Waals surface area (Å²) in [6.07, 6.45) is 2.00. The minimum atomic E-state index is 0.688. The Balaban J connectivity index is 2.06. The van der Waals surface area contributed by atoms with E-state index in [9.17, 15) is 0 Å². The van der Waals surface area contributed by atoms with Gasteiger partial charge in [0, 0.05) is 25.8 Å². The highest BCUT2D eigenvalue weighted by atomic mass is 15.3. The van der Waals surface area contributed by atoms with Gasteiger partial charge < -0.3 is 5.73 Å². The van der Waals surface area contributed by atoms with Crippen LogP contribution >= 0.6 is 0 Å². The van der Waals surface area contributed by atoms with E-state index in [1.807, 2.05) is 41.2 Å². The van der Waals surface area contributed by atoms with Crippen molar-refractivity contribution in [1.82, 2.24) is 14.7 Å². The zero-order chi connectivity index (χ0) is 12.8. The number of likely N-dealkylation sites (N-methyl/N-ethyl adjacent to an activating group) is 1. The highest BCUT2D eigenvalue weighted by Gasteiger charge is 2.06. The van der Waals surface area contributed by atoms with Crippen LogP contribution in [0.15, 0.2) is 42.6 Å². The Morgan fingerprint density at radius 1 is 1.22 bits per heavy atom. The topological polar surface area (TPSA) is 47.1 Å². The quantitative estimate of drug-likeness (QED) is 0.840. The van der Waals surface area contributed by atoms with Gasteiger partial charge in [0.25, 0.3) is 0 Å². The SMILES string of the molecule is CCN(CCN)Cc1ccn(-c2ccccc2)n1. The fraction of sp³-hybridized carbons (Fsp3) is 0.357. The van der Waals surface area contributed by atoms with Crippen LogP contribution in [0.25, 0.3) is 5.69 Å². The summed E-state index contributed by atoms with van der Waals surface area (Å²) >= 11 is 0. The van der Waals surface area contributed by atoms with E-state index in [4.69, 9.17) is 5.73 Å². The third-order valence-electron chi connectivity index (χ3n) is 2.94. The molecule has 0 saturated carbocycles. The Labute approximate surface area is 108 Å². The fourth-order valence-electron chi connectivity index (χ4n) is 1.93. The maximum absolute atomic E-state index is 5.59. The molecule has 1 aromatic carbocycles. The lowest BCUT2D eigenvalue weighted by molar-refractivity contribution is 0.284. The maximum atomic E-state index is 5.59. The van der Waals surface area contributed by atoms with Gasteiger partial charge in [0.15, 0.2) is 0 Å². The van der Waals surface area contributed by atoms with E-state index < -0.39 is 0 Å². The van der Waals surface area contributed by atoms with Gasteiger partial charge in [-0.05, 0) is 24.7 Å². The Bertz CT molecular complexity index is 464. The Hall–Kier alpha value is -1.65. The largest absolute Gasteiger partial charge is 0.329 e. The van der Waals surface area contributed by atoms with Crippen LogP contribution in [0.4, 0.5) is 0 Å². The van der Waals surface area contributed by atoms with Crippen molar-refractivity contribution in [3.05, 3.63) is 48.3 Å². The van der Waals surface area contributed by atoms with Crippen LogP contribution in [0, 0.1) is 0 Å². The minimum absolute atomic E-state index is 0.688. The lowest BCUT2D eigenvalue weighted by atomic mass is 10.3. The summed E-state index contributed by atoms with van der Waals surface area (Å²) < 4.78 is 1.91. The molecule has 96 valence electrons. The Kier molecular flexibility index (Phi) is 4.50. The van der Waals surface area contributed by atoms with Gasteiger partial charge in [-0.15, -0.1) is 0 Å². The Morgan fingerprint density at radius 3 is 2.67 bits per heavy atom. The molecule has 0 fully saturated rings. The molecule has 0 atom stereocenters.